The third-order valence-electron chi connectivity index (χ3n) is 4.57. The van der Waals surface area contributed by atoms with E-state index in [1.54, 1.807) is 18.2 Å². The molecule has 156 valence electrons. The number of hydrogen-bond acceptors (Lipinski definition) is 7. The second-order valence-corrected chi connectivity index (χ2v) is 9.17. The quantitative estimate of drug-likeness (QED) is 0.582. The van der Waals surface area contributed by atoms with E-state index in [0.717, 1.165) is 11.4 Å². The monoisotopic (exact) mass is 421 g/mol. The molecule has 0 spiro atoms. The normalized spacial score (nSPS) is 22.2. The summed E-state index contributed by atoms with van der Waals surface area (Å²) in [7, 11) is -3.28. The lowest BCUT2D eigenvalue weighted by Crippen LogP contribution is -2.33. The van der Waals surface area contributed by atoms with Gasteiger partial charge in [-0.15, -0.1) is 0 Å². The highest BCUT2D eigenvalue weighted by Gasteiger charge is 2.31. The van der Waals surface area contributed by atoms with Gasteiger partial charge in [0.15, 0.2) is 5.82 Å². The number of benzene rings is 1. The number of hydrogen-bond donors (Lipinski definition) is 4. The van der Waals surface area contributed by atoms with E-state index in [1.165, 1.54) is 0 Å². The summed E-state index contributed by atoms with van der Waals surface area (Å²) in [6.07, 6.45) is -0.474. The molecule has 2 atom stereocenters. The average molecular weight is 421 g/mol. The van der Waals surface area contributed by atoms with Crippen LogP contribution in [0, 0.1) is 0 Å². The molecule has 2 aliphatic rings. The first-order valence-electron chi connectivity index (χ1n) is 9.32. The Kier molecular flexibility index (Phi) is 5.09. The summed E-state index contributed by atoms with van der Waals surface area (Å²) in [4.78, 5) is 11.7. The molecule has 0 radical (unpaired) electrons. The third kappa shape index (κ3) is 4.62. The summed E-state index contributed by atoms with van der Waals surface area (Å²) in [6, 6.07) is 7.12. The first kappa shape index (κ1) is 19.5. The smallest absolute Gasteiger partial charge is 0.407 e. The molecule has 1 aromatic carbocycles. The zero-order valence-electron chi connectivity index (χ0n) is 16.1. The molecule has 1 amide bonds. The molecule has 4 N–H and O–H groups in total. The number of aromatic nitrogens is 2. The van der Waals surface area contributed by atoms with Gasteiger partial charge in [-0.05, 0) is 37.6 Å². The molecule has 11 heteroatoms. The van der Waals surface area contributed by atoms with Gasteiger partial charge < -0.3 is 20.1 Å². The van der Waals surface area contributed by atoms with Crippen LogP contribution >= 0.6 is 0 Å². The van der Waals surface area contributed by atoms with Gasteiger partial charge in [0, 0.05) is 24.2 Å². The van der Waals surface area contributed by atoms with Gasteiger partial charge >= 0.3 is 6.09 Å². The van der Waals surface area contributed by atoms with E-state index in [4.69, 9.17) is 9.47 Å². The standard InChI is InChI=1S/C18H23N5O5S/c1-10(2)19-18(24)28-13-6-16(27-8-13)15-7-17(22-21-15)20-12-3-4-14-11(5-12)9-29(25,26)23-14/h3-5,7,10,13,16,23H,6,8-9H2,1-2H3,(H,19,24)(H2,20,21,22)/t13-,16-/m1/s1. The SMILES string of the molecule is CC(C)NC(=O)O[C@H]1CO[C@@H](c2cc(Nc3ccc4c(c3)CS(=O)(=O)N4)n[nH]2)C1. The number of aromatic amines is 1. The van der Waals surface area contributed by atoms with E-state index in [1.807, 2.05) is 19.9 Å². The highest BCUT2D eigenvalue weighted by Crippen LogP contribution is 2.32. The van der Waals surface area contributed by atoms with Crippen LogP contribution in [0.5, 0.6) is 0 Å². The van der Waals surface area contributed by atoms with Crippen LogP contribution in [0.4, 0.5) is 22.0 Å². The fourth-order valence-corrected chi connectivity index (χ4v) is 4.59. The Morgan fingerprint density at radius 3 is 2.97 bits per heavy atom. The molecule has 29 heavy (non-hydrogen) atoms. The van der Waals surface area contributed by atoms with E-state index in [-0.39, 0.29) is 24.0 Å². The van der Waals surface area contributed by atoms with E-state index < -0.39 is 16.1 Å². The van der Waals surface area contributed by atoms with Crippen LogP contribution in [0.3, 0.4) is 0 Å². The summed E-state index contributed by atoms with van der Waals surface area (Å²) in [5.41, 5.74) is 2.82. The first-order valence-corrected chi connectivity index (χ1v) is 11.0. The number of amides is 1. The summed E-state index contributed by atoms with van der Waals surface area (Å²) < 4.78 is 36.9. The largest absolute Gasteiger partial charge is 0.444 e. The van der Waals surface area contributed by atoms with Gasteiger partial charge in [-0.25, -0.2) is 13.2 Å². The van der Waals surface area contributed by atoms with Crippen molar-refractivity contribution in [3.8, 4) is 0 Å². The Hall–Kier alpha value is -2.79. The van der Waals surface area contributed by atoms with Gasteiger partial charge in [-0.1, -0.05) is 0 Å². The molecular formula is C18H23N5O5S. The van der Waals surface area contributed by atoms with Crippen LogP contribution in [-0.2, 0) is 25.2 Å². The zero-order valence-corrected chi connectivity index (χ0v) is 16.9. The molecule has 10 nitrogen and oxygen atoms in total. The fraction of sp³-hybridized carbons (Fsp3) is 0.444. The Morgan fingerprint density at radius 1 is 1.34 bits per heavy atom. The van der Waals surface area contributed by atoms with Crippen LogP contribution in [0.2, 0.25) is 0 Å². The molecule has 0 saturated carbocycles. The van der Waals surface area contributed by atoms with Crippen LogP contribution in [-0.4, -0.2) is 43.5 Å². The number of anilines is 3. The second-order valence-electron chi connectivity index (χ2n) is 7.45. The van der Waals surface area contributed by atoms with Crippen molar-refractivity contribution in [2.75, 3.05) is 16.6 Å². The van der Waals surface area contributed by atoms with Gasteiger partial charge in [0.25, 0.3) is 0 Å². The number of nitrogens with one attached hydrogen (secondary N) is 4. The van der Waals surface area contributed by atoms with E-state index in [2.05, 4.69) is 25.6 Å². The van der Waals surface area contributed by atoms with Crippen molar-refractivity contribution in [3.63, 3.8) is 0 Å². The summed E-state index contributed by atoms with van der Waals surface area (Å²) in [5, 5.41) is 13.0. The average Bonchev–Trinajstić information content (AvgIpc) is 3.31. The fourth-order valence-electron chi connectivity index (χ4n) is 3.33. The van der Waals surface area contributed by atoms with Crippen LogP contribution in [0.1, 0.15) is 37.6 Å². The third-order valence-corrected chi connectivity index (χ3v) is 5.80. The zero-order chi connectivity index (χ0) is 20.6. The van der Waals surface area contributed by atoms with E-state index >= 15 is 0 Å². The van der Waals surface area contributed by atoms with Gasteiger partial charge in [0.1, 0.15) is 12.2 Å². The predicted molar refractivity (Wildman–Crippen MR) is 106 cm³/mol. The Labute approximate surface area is 168 Å². The molecule has 0 bridgehead atoms. The van der Waals surface area contributed by atoms with Gasteiger partial charge in [0.2, 0.25) is 10.0 Å². The minimum absolute atomic E-state index is 0.0111. The van der Waals surface area contributed by atoms with E-state index in [9.17, 15) is 13.2 Å². The summed E-state index contributed by atoms with van der Waals surface area (Å²) in [6.45, 7) is 4.06. The minimum atomic E-state index is -3.28. The van der Waals surface area contributed by atoms with Crippen LogP contribution in [0.15, 0.2) is 24.3 Å². The van der Waals surface area contributed by atoms with E-state index in [0.29, 0.717) is 30.1 Å². The van der Waals surface area contributed by atoms with Crippen molar-refractivity contribution < 1.29 is 22.7 Å². The number of alkyl carbamates (subject to hydrolysis) is 1. The number of ether oxygens (including phenoxy) is 2. The maximum absolute atomic E-state index is 11.7. The maximum atomic E-state index is 11.7. The topological polar surface area (TPSA) is 134 Å². The molecule has 0 unspecified atom stereocenters. The van der Waals surface area contributed by atoms with Crippen LogP contribution < -0.4 is 15.4 Å². The number of nitrogens with zero attached hydrogens (tertiary/aromatic N) is 1. The predicted octanol–water partition coefficient (Wildman–Crippen LogP) is 2.37. The van der Waals surface area contributed by atoms with Crippen molar-refractivity contribution in [1.29, 1.82) is 0 Å². The van der Waals surface area contributed by atoms with Gasteiger partial charge in [0.05, 0.1) is 23.7 Å². The Bertz CT molecular complexity index is 1020. The molecule has 3 heterocycles. The number of carbonyl (C=O) groups is 1. The van der Waals surface area contributed by atoms with Crippen molar-refractivity contribution in [3.05, 3.63) is 35.5 Å². The maximum Gasteiger partial charge on any atom is 0.407 e. The molecule has 1 saturated heterocycles. The highest BCUT2D eigenvalue weighted by atomic mass is 32.2. The second kappa shape index (κ2) is 7.56. The number of fused-ring (bicyclic) bond motifs is 1. The Morgan fingerprint density at radius 2 is 2.17 bits per heavy atom. The summed E-state index contributed by atoms with van der Waals surface area (Å²) in [5.74, 6) is 0.546. The van der Waals surface area contributed by atoms with Crippen molar-refractivity contribution in [2.24, 2.45) is 0 Å². The number of H-pyrrole nitrogens is 1. The minimum Gasteiger partial charge on any atom is -0.444 e. The Balaban J connectivity index is 1.36. The molecule has 1 aromatic heterocycles. The number of carbonyl (C=O) groups excluding carboxylic acids is 1. The van der Waals surface area contributed by atoms with Crippen molar-refractivity contribution in [1.82, 2.24) is 15.5 Å². The lowest BCUT2D eigenvalue weighted by atomic mass is 10.1. The molecule has 4 rings (SSSR count). The first-order chi connectivity index (χ1) is 13.8. The van der Waals surface area contributed by atoms with Crippen molar-refractivity contribution >= 4 is 33.3 Å². The molecule has 2 aromatic rings. The molecule has 2 aliphatic heterocycles. The van der Waals surface area contributed by atoms with Crippen LogP contribution in [0.25, 0.3) is 0 Å². The molecule has 0 aliphatic carbocycles. The van der Waals surface area contributed by atoms with Gasteiger partial charge in [-0.3, -0.25) is 9.82 Å². The lowest BCUT2D eigenvalue weighted by molar-refractivity contribution is 0.0682. The van der Waals surface area contributed by atoms with Gasteiger partial charge in [-0.2, -0.15) is 5.10 Å². The molecule has 1 fully saturated rings. The molecular weight excluding hydrogens is 398 g/mol. The highest BCUT2D eigenvalue weighted by molar-refractivity contribution is 7.92. The number of rotatable bonds is 5. The van der Waals surface area contributed by atoms with Crippen molar-refractivity contribution in [2.45, 2.75) is 44.3 Å². The number of sulfonamides is 1. The lowest BCUT2D eigenvalue weighted by Gasteiger charge is -2.13. The summed E-state index contributed by atoms with van der Waals surface area (Å²) >= 11 is 0.